The minimum atomic E-state index is -0.489. The molecule has 30 heavy (non-hydrogen) atoms. The zero-order valence-electron chi connectivity index (χ0n) is 16.9. The second-order valence-electron chi connectivity index (χ2n) is 6.79. The van der Waals surface area contributed by atoms with Crippen LogP contribution in [0.1, 0.15) is 22.5 Å². The van der Waals surface area contributed by atoms with Crippen molar-refractivity contribution in [3.05, 3.63) is 40.6 Å². The number of piperidine rings is 1. The maximum absolute atomic E-state index is 12.5. The molecule has 8 nitrogen and oxygen atoms in total. The summed E-state index contributed by atoms with van der Waals surface area (Å²) < 4.78 is 15.6. The lowest BCUT2D eigenvalue weighted by molar-refractivity contribution is -0.152. The van der Waals surface area contributed by atoms with Crippen molar-refractivity contribution < 1.29 is 28.6 Å². The van der Waals surface area contributed by atoms with Gasteiger partial charge in [0.2, 0.25) is 0 Å². The molecule has 1 aliphatic rings. The van der Waals surface area contributed by atoms with E-state index in [-0.39, 0.29) is 5.91 Å². The van der Waals surface area contributed by atoms with Crippen LogP contribution >= 0.6 is 11.3 Å². The second kappa shape index (κ2) is 10.1. The Labute approximate surface area is 178 Å². The van der Waals surface area contributed by atoms with Crippen LogP contribution in [0, 0.1) is 5.92 Å². The molecule has 1 aromatic carbocycles. The van der Waals surface area contributed by atoms with Gasteiger partial charge in [-0.15, -0.1) is 11.3 Å². The molecule has 1 saturated heterocycles. The molecule has 0 bridgehead atoms. The quantitative estimate of drug-likeness (QED) is 0.676. The van der Waals surface area contributed by atoms with Gasteiger partial charge in [0.25, 0.3) is 11.8 Å². The van der Waals surface area contributed by atoms with Crippen LogP contribution in [0.4, 0.5) is 5.69 Å². The largest absolute Gasteiger partial charge is 0.497 e. The molecule has 1 atom stereocenters. The zero-order valence-corrected chi connectivity index (χ0v) is 17.7. The average molecular weight is 432 g/mol. The zero-order chi connectivity index (χ0) is 21.5. The molecule has 0 radical (unpaired) electrons. The van der Waals surface area contributed by atoms with E-state index in [2.05, 4.69) is 5.32 Å². The number of esters is 1. The monoisotopic (exact) mass is 432 g/mol. The lowest BCUT2D eigenvalue weighted by Crippen LogP contribution is -2.43. The van der Waals surface area contributed by atoms with Crippen molar-refractivity contribution in [2.45, 2.75) is 12.8 Å². The second-order valence-corrected chi connectivity index (χ2v) is 7.74. The maximum atomic E-state index is 12.5. The summed E-state index contributed by atoms with van der Waals surface area (Å²) in [5, 5.41) is 4.50. The van der Waals surface area contributed by atoms with Crippen LogP contribution in [0.2, 0.25) is 0 Å². The summed E-state index contributed by atoms with van der Waals surface area (Å²) in [5.74, 6) is -0.470. The number of methoxy groups -OCH3 is 2. The van der Waals surface area contributed by atoms with E-state index in [1.807, 2.05) is 11.4 Å². The highest BCUT2D eigenvalue weighted by Crippen LogP contribution is 2.29. The molecular formula is C21H24N2O6S. The van der Waals surface area contributed by atoms with Crippen LogP contribution in [-0.4, -0.2) is 56.6 Å². The van der Waals surface area contributed by atoms with Crippen LogP contribution in [0.3, 0.4) is 0 Å². The summed E-state index contributed by atoms with van der Waals surface area (Å²) >= 11 is 1.38. The van der Waals surface area contributed by atoms with E-state index < -0.39 is 24.4 Å². The van der Waals surface area contributed by atoms with Crippen LogP contribution in [-0.2, 0) is 14.3 Å². The van der Waals surface area contributed by atoms with Crippen molar-refractivity contribution in [1.29, 1.82) is 0 Å². The Hall–Kier alpha value is -3.07. The molecule has 2 heterocycles. The van der Waals surface area contributed by atoms with Gasteiger partial charge in [0.15, 0.2) is 6.61 Å². The number of carbonyl (C=O) groups excluding carboxylic acids is 3. The number of hydrogen-bond donors (Lipinski definition) is 1. The molecule has 1 fully saturated rings. The van der Waals surface area contributed by atoms with Crippen molar-refractivity contribution in [2.24, 2.45) is 5.92 Å². The van der Waals surface area contributed by atoms with Gasteiger partial charge in [0.1, 0.15) is 11.5 Å². The topological polar surface area (TPSA) is 94.2 Å². The van der Waals surface area contributed by atoms with E-state index in [1.165, 1.54) is 25.6 Å². The summed E-state index contributed by atoms with van der Waals surface area (Å²) in [5.41, 5.74) is 0.420. The fourth-order valence-electron chi connectivity index (χ4n) is 3.26. The van der Waals surface area contributed by atoms with E-state index in [4.69, 9.17) is 14.2 Å². The Morgan fingerprint density at radius 3 is 2.73 bits per heavy atom. The lowest BCUT2D eigenvalue weighted by Gasteiger charge is -2.31. The molecule has 1 unspecified atom stereocenters. The fraction of sp³-hybridized carbons (Fsp3) is 0.381. The Bertz CT molecular complexity index is 899. The number of amides is 2. The molecule has 9 heteroatoms. The lowest BCUT2D eigenvalue weighted by atomic mass is 9.98. The molecular weight excluding hydrogens is 408 g/mol. The van der Waals surface area contributed by atoms with Crippen LogP contribution in [0.15, 0.2) is 35.7 Å². The van der Waals surface area contributed by atoms with Gasteiger partial charge >= 0.3 is 5.97 Å². The van der Waals surface area contributed by atoms with Gasteiger partial charge < -0.3 is 24.4 Å². The third-order valence-electron chi connectivity index (χ3n) is 4.80. The van der Waals surface area contributed by atoms with E-state index in [1.54, 1.807) is 29.2 Å². The van der Waals surface area contributed by atoms with Gasteiger partial charge in [0, 0.05) is 19.2 Å². The molecule has 1 aliphatic heterocycles. The molecule has 160 valence electrons. The molecule has 3 rings (SSSR count). The van der Waals surface area contributed by atoms with Gasteiger partial charge in [-0.25, -0.2) is 0 Å². The molecule has 1 aromatic heterocycles. The highest BCUT2D eigenvalue weighted by molar-refractivity contribution is 7.12. The first-order valence-electron chi connectivity index (χ1n) is 9.53. The first kappa shape index (κ1) is 21.6. The summed E-state index contributed by atoms with van der Waals surface area (Å²) in [7, 11) is 3.01. The van der Waals surface area contributed by atoms with Crippen LogP contribution in [0.25, 0.3) is 0 Å². The number of ether oxygens (including phenoxy) is 3. The third-order valence-corrected chi connectivity index (χ3v) is 5.66. The third kappa shape index (κ3) is 5.29. The maximum Gasteiger partial charge on any atom is 0.311 e. The predicted octanol–water partition coefficient (Wildman–Crippen LogP) is 2.80. The first-order valence-corrected chi connectivity index (χ1v) is 10.4. The van der Waals surface area contributed by atoms with E-state index >= 15 is 0 Å². The fourth-order valence-corrected chi connectivity index (χ4v) is 3.95. The highest BCUT2D eigenvalue weighted by Gasteiger charge is 2.30. The molecule has 0 spiro atoms. The van der Waals surface area contributed by atoms with Gasteiger partial charge in [-0.3, -0.25) is 14.4 Å². The number of carbonyl (C=O) groups is 3. The highest BCUT2D eigenvalue weighted by atomic mass is 32.1. The smallest absolute Gasteiger partial charge is 0.311 e. The average Bonchev–Trinajstić information content (AvgIpc) is 3.32. The molecule has 2 aromatic rings. The van der Waals surface area contributed by atoms with E-state index in [9.17, 15) is 14.4 Å². The van der Waals surface area contributed by atoms with Crippen LogP contribution < -0.4 is 14.8 Å². The van der Waals surface area contributed by atoms with E-state index in [0.717, 1.165) is 0 Å². The van der Waals surface area contributed by atoms with Crippen molar-refractivity contribution in [3.8, 4) is 11.5 Å². The first-order chi connectivity index (χ1) is 14.5. The number of nitrogens with one attached hydrogen (secondary N) is 1. The summed E-state index contributed by atoms with van der Waals surface area (Å²) in [4.78, 5) is 39.5. The minimum absolute atomic E-state index is 0.0784. The van der Waals surface area contributed by atoms with Gasteiger partial charge in [-0.05, 0) is 36.4 Å². The summed E-state index contributed by atoms with van der Waals surface area (Å²) in [6.07, 6.45) is 1.34. The van der Waals surface area contributed by atoms with Gasteiger partial charge in [0.05, 0.1) is 30.7 Å². The number of hydrogen-bond acceptors (Lipinski definition) is 7. The number of nitrogens with zero attached hydrogens (tertiary/aromatic N) is 1. The van der Waals surface area contributed by atoms with Crippen molar-refractivity contribution in [3.63, 3.8) is 0 Å². The van der Waals surface area contributed by atoms with Gasteiger partial charge in [-0.2, -0.15) is 0 Å². The Morgan fingerprint density at radius 2 is 2.03 bits per heavy atom. The number of anilines is 1. The molecule has 0 saturated carbocycles. The summed E-state index contributed by atoms with van der Waals surface area (Å²) in [6, 6.07) is 8.59. The normalized spacial score (nSPS) is 15.9. The number of rotatable bonds is 7. The standard InChI is InChI=1S/C21H24N2O6S/c1-27-15-7-8-17(28-2)16(11-15)22-19(24)13-29-21(26)14-5-3-9-23(12-14)20(25)18-6-4-10-30-18/h4,6-8,10-11,14H,3,5,9,12-13H2,1-2H3,(H,22,24). The van der Waals surface area contributed by atoms with Crippen molar-refractivity contribution in [2.75, 3.05) is 39.2 Å². The SMILES string of the molecule is COc1ccc(OC)c(NC(=O)COC(=O)C2CCCN(C(=O)c3cccs3)C2)c1. The van der Waals surface area contributed by atoms with Crippen LogP contribution in [0.5, 0.6) is 11.5 Å². The Kier molecular flexibility index (Phi) is 7.29. The van der Waals surface area contributed by atoms with Crippen molar-refractivity contribution >= 4 is 34.8 Å². The minimum Gasteiger partial charge on any atom is -0.497 e. The Morgan fingerprint density at radius 1 is 1.20 bits per heavy atom. The molecule has 2 amide bonds. The van der Waals surface area contributed by atoms with Gasteiger partial charge in [-0.1, -0.05) is 6.07 Å². The predicted molar refractivity (Wildman–Crippen MR) is 112 cm³/mol. The Balaban J connectivity index is 1.52. The van der Waals surface area contributed by atoms with E-state index in [0.29, 0.717) is 48.0 Å². The van der Waals surface area contributed by atoms with Crippen molar-refractivity contribution in [1.82, 2.24) is 4.90 Å². The summed E-state index contributed by atoms with van der Waals surface area (Å²) in [6.45, 7) is 0.478. The number of likely N-dealkylation sites (tertiary alicyclic amines) is 1. The molecule has 1 N–H and O–H groups in total. The number of thiophene rings is 1. The molecule has 0 aliphatic carbocycles. The number of benzene rings is 1.